The number of aldehydes is 1. The third-order valence-corrected chi connectivity index (χ3v) is 1.44. The van der Waals surface area contributed by atoms with E-state index in [9.17, 15) is 9.59 Å². The summed E-state index contributed by atoms with van der Waals surface area (Å²) in [6.07, 6.45) is 3.38. The van der Waals surface area contributed by atoms with E-state index in [0.29, 0.717) is 0 Å². The number of ketones is 1. The normalized spacial score (nSPS) is 29.9. The van der Waals surface area contributed by atoms with Gasteiger partial charge in [-0.2, -0.15) is 0 Å². The number of carbonyl (C=O) groups excluding carboxylic acids is 2. The van der Waals surface area contributed by atoms with Crippen LogP contribution in [0.5, 0.6) is 0 Å². The van der Waals surface area contributed by atoms with Crippen molar-refractivity contribution in [1.82, 2.24) is 0 Å². The fourth-order valence-corrected chi connectivity index (χ4v) is 0.725. The van der Waals surface area contributed by atoms with Crippen LogP contribution in [0.4, 0.5) is 0 Å². The summed E-state index contributed by atoms with van der Waals surface area (Å²) in [5, 5.41) is 18.0. The lowest BCUT2D eigenvalue weighted by Crippen LogP contribution is -2.42. The average molecular weight is 154 g/mol. The molecule has 58 valence electrons. The molecule has 0 saturated heterocycles. The van der Waals surface area contributed by atoms with Crippen molar-refractivity contribution < 1.29 is 19.8 Å². The van der Waals surface area contributed by atoms with Gasteiger partial charge in [0, 0.05) is 0 Å². The Morgan fingerprint density at radius 2 is 2.18 bits per heavy atom. The molecule has 0 bridgehead atoms. The van der Waals surface area contributed by atoms with Crippen LogP contribution in [0.1, 0.15) is 0 Å². The van der Waals surface area contributed by atoms with E-state index < -0.39 is 17.1 Å². The van der Waals surface area contributed by atoms with Gasteiger partial charge in [-0.25, -0.2) is 0 Å². The molecule has 1 unspecified atom stereocenters. The Morgan fingerprint density at radius 3 is 2.55 bits per heavy atom. The molecule has 0 aromatic heterocycles. The Morgan fingerprint density at radius 1 is 1.55 bits per heavy atom. The molecule has 0 aromatic carbocycles. The van der Waals surface area contributed by atoms with Crippen molar-refractivity contribution in [3.63, 3.8) is 0 Å². The van der Waals surface area contributed by atoms with Crippen molar-refractivity contribution >= 4 is 12.1 Å². The minimum absolute atomic E-state index is 0.00463. The molecule has 0 aromatic rings. The molecule has 1 aliphatic carbocycles. The number of carbonyl (C=O) groups is 2. The van der Waals surface area contributed by atoms with Crippen LogP contribution in [0.3, 0.4) is 0 Å². The lowest BCUT2D eigenvalue weighted by Gasteiger charge is -2.19. The van der Waals surface area contributed by atoms with Crippen LogP contribution in [-0.4, -0.2) is 27.9 Å². The maximum Gasteiger partial charge on any atom is 0.239 e. The summed E-state index contributed by atoms with van der Waals surface area (Å²) in [6, 6.07) is 0. The van der Waals surface area contributed by atoms with Gasteiger partial charge in [-0.15, -0.1) is 0 Å². The maximum atomic E-state index is 10.8. The quantitative estimate of drug-likeness (QED) is 0.394. The second kappa shape index (κ2) is 2.32. The largest absolute Gasteiger partial charge is 0.508 e. The Balaban J connectivity index is 3.14. The molecule has 0 heterocycles. The molecular weight excluding hydrogens is 148 g/mol. The SMILES string of the molecule is O=CC1(O)C(=O)C=CC=C1O. The molecule has 0 saturated carbocycles. The number of hydrogen-bond acceptors (Lipinski definition) is 4. The zero-order chi connectivity index (χ0) is 8.48. The molecule has 2 N–H and O–H groups in total. The maximum absolute atomic E-state index is 10.8. The van der Waals surface area contributed by atoms with Gasteiger partial charge in [0.05, 0.1) is 0 Å². The number of aliphatic hydroxyl groups excluding tert-OH is 1. The van der Waals surface area contributed by atoms with Crippen molar-refractivity contribution in [2.45, 2.75) is 5.60 Å². The van der Waals surface area contributed by atoms with Gasteiger partial charge < -0.3 is 10.2 Å². The summed E-state index contributed by atoms with van der Waals surface area (Å²) < 4.78 is 0. The predicted molar refractivity (Wildman–Crippen MR) is 35.9 cm³/mol. The van der Waals surface area contributed by atoms with E-state index >= 15 is 0 Å². The van der Waals surface area contributed by atoms with E-state index in [2.05, 4.69) is 0 Å². The summed E-state index contributed by atoms with van der Waals surface area (Å²) in [6.45, 7) is 0. The van der Waals surface area contributed by atoms with Crippen molar-refractivity contribution in [2.24, 2.45) is 0 Å². The average Bonchev–Trinajstić information content (AvgIpc) is 2.00. The Kier molecular flexibility index (Phi) is 1.62. The Labute approximate surface area is 62.5 Å². The molecule has 0 amide bonds. The smallest absolute Gasteiger partial charge is 0.239 e. The van der Waals surface area contributed by atoms with Crippen LogP contribution in [0.25, 0.3) is 0 Å². The van der Waals surface area contributed by atoms with Gasteiger partial charge >= 0.3 is 0 Å². The first kappa shape index (κ1) is 7.68. The third kappa shape index (κ3) is 0.969. The first-order valence-electron chi connectivity index (χ1n) is 2.92. The van der Waals surface area contributed by atoms with Gasteiger partial charge in [0.25, 0.3) is 0 Å². The molecule has 0 fully saturated rings. The van der Waals surface area contributed by atoms with Gasteiger partial charge in [0.2, 0.25) is 11.4 Å². The van der Waals surface area contributed by atoms with Crippen LogP contribution in [0, 0.1) is 0 Å². The lowest BCUT2D eigenvalue weighted by atomic mass is 9.94. The van der Waals surface area contributed by atoms with Crippen LogP contribution < -0.4 is 0 Å². The minimum Gasteiger partial charge on any atom is -0.508 e. The number of rotatable bonds is 1. The number of allylic oxidation sites excluding steroid dienone is 2. The molecule has 0 aliphatic heterocycles. The fraction of sp³-hybridized carbons (Fsp3) is 0.143. The van der Waals surface area contributed by atoms with Crippen molar-refractivity contribution in [3.05, 3.63) is 24.0 Å². The second-order valence-corrected chi connectivity index (χ2v) is 2.16. The molecule has 4 nitrogen and oxygen atoms in total. The third-order valence-electron chi connectivity index (χ3n) is 1.44. The van der Waals surface area contributed by atoms with Crippen molar-refractivity contribution in [3.8, 4) is 0 Å². The van der Waals surface area contributed by atoms with Crippen LogP contribution in [0.2, 0.25) is 0 Å². The van der Waals surface area contributed by atoms with Crippen LogP contribution in [-0.2, 0) is 9.59 Å². The van der Waals surface area contributed by atoms with E-state index in [1.807, 2.05) is 0 Å². The molecule has 11 heavy (non-hydrogen) atoms. The zero-order valence-corrected chi connectivity index (χ0v) is 5.52. The zero-order valence-electron chi connectivity index (χ0n) is 5.52. The first-order chi connectivity index (χ1) is 5.11. The Bertz CT molecular complexity index is 264. The molecule has 1 aliphatic rings. The van der Waals surface area contributed by atoms with Gasteiger partial charge in [0.15, 0.2) is 6.29 Å². The van der Waals surface area contributed by atoms with E-state index in [1.54, 1.807) is 0 Å². The standard InChI is InChI=1S/C7H6O4/c8-4-7(11)5(9)2-1-3-6(7)10/h1-4,9,11H. The second-order valence-electron chi connectivity index (χ2n) is 2.16. The molecule has 0 radical (unpaired) electrons. The number of aliphatic hydroxyl groups is 2. The predicted octanol–water partition coefficient (Wildman–Crippen LogP) is -0.503. The summed E-state index contributed by atoms with van der Waals surface area (Å²) in [5.41, 5.74) is -2.35. The lowest BCUT2D eigenvalue weighted by molar-refractivity contribution is -0.139. The molecule has 1 rings (SSSR count). The molecule has 1 atom stereocenters. The van der Waals surface area contributed by atoms with Gasteiger partial charge in [-0.05, 0) is 12.2 Å². The fourth-order valence-electron chi connectivity index (χ4n) is 0.725. The first-order valence-corrected chi connectivity index (χ1v) is 2.92. The van der Waals surface area contributed by atoms with Gasteiger partial charge in [-0.1, -0.05) is 6.08 Å². The summed E-state index contributed by atoms with van der Waals surface area (Å²) in [5.74, 6) is -1.47. The summed E-state index contributed by atoms with van der Waals surface area (Å²) >= 11 is 0. The molecule has 4 heteroatoms. The monoisotopic (exact) mass is 154 g/mol. The van der Waals surface area contributed by atoms with Gasteiger partial charge in [-0.3, -0.25) is 9.59 Å². The topological polar surface area (TPSA) is 74.6 Å². The van der Waals surface area contributed by atoms with Gasteiger partial charge in [0.1, 0.15) is 5.76 Å². The highest BCUT2D eigenvalue weighted by Gasteiger charge is 2.39. The van der Waals surface area contributed by atoms with E-state index in [4.69, 9.17) is 10.2 Å². The van der Waals surface area contributed by atoms with E-state index in [0.717, 1.165) is 12.2 Å². The molecular formula is C7H6O4. The minimum atomic E-state index is -2.35. The van der Waals surface area contributed by atoms with Crippen molar-refractivity contribution in [2.75, 3.05) is 0 Å². The number of hydrogen-bond donors (Lipinski definition) is 2. The highest BCUT2D eigenvalue weighted by Crippen LogP contribution is 2.17. The highest BCUT2D eigenvalue weighted by atomic mass is 16.4. The summed E-state index contributed by atoms with van der Waals surface area (Å²) in [4.78, 5) is 21.0. The van der Waals surface area contributed by atoms with Crippen LogP contribution >= 0.6 is 0 Å². The highest BCUT2D eigenvalue weighted by molar-refractivity contribution is 6.11. The molecule has 0 spiro atoms. The Hall–Kier alpha value is -1.42. The van der Waals surface area contributed by atoms with E-state index in [1.165, 1.54) is 6.08 Å². The summed E-state index contributed by atoms with van der Waals surface area (Å²) in [7, 11) is 0. The van der Waals surface area contributed by atoms with Crippen molar-refractivity contribution in [1.29, 1.82) is 0 Å². The van der Waals surface area contributed by atoms with Crippen LogP contribution in [0.15, 0.2) is 24.0 Å². The van der Waals surface area contributed by atoms with E-state index in [-0.39, 0.29) is 6.29 Å².